The highest BCUT2D eigenvalue weighted by Gasteiger charge is 2.17. The number of carbonyl (C=O) groups is 1. The minimum atomic E-state index is -0.219. The fourth-order valence-electron chi connectivity index (χ4n) is 3.34. The Morgan fingerprint density at radius 1 is 1.25 bits per heavy atom. The normalized spacial score (nSPS) is 13.1. The SMILES string of the molecule is Cc1nonc1COc1ccccc1C(=O)Nc1ccc2c(c1)N(C)CCC2. The van der Waals surface area contributed by atoms with Crippen LogP contribution in [0.15, 0.2) is 47.1 Å². The quantitative estimate of drug-likeness (QED) is 0.731. The van der Waals surface area contributed by atoms with E-state index in [1.54, 1.807) is 19.1 Å². The number of nitrogens with zero attached hydrogens (tertiary/aromatic N) is 3. The van der Waals surface area contributed by atoms with Crippen LogP contribution in [0.3, 0.4) is 0 Å². The lowest BCUT2D eigenvalue weighted by Crippen LogP contribution is -2.25. The van der Waals surface area contributed by atoms with Gasteiger partial charge in [0.25, 0.3) is 5.91 Å². The fourth-order valence-corrected chi connectivity index (χ4v) is 3.34. The first-order chi connectivity index (χ1) is 13.6. The molecule has 0 saturated carbocycles. The topological polar surface area (TPSA) is 80.5 Å². The molecule has 0 atom stereocenters. The summed E-state index contributed by atoms with van der Waals surface area (Å²) in [6.45, 7) is 3.00. The van der Waals surface area contributed by atoms with Gasteiger partial charge in [0, 0.05) is 25.0 Å². The zero-order valence-electron chi connectivity index (χ0n) is 15.9. The van der Waals surface area contributed by atoms with Crippen LogP contribution in [0.5, 0.6) is 5.75 Å². The maximum absolute atomic E-state index is 12.9. The number of anilines is 2. The summed E-state index contributed by atoms with van der Waals surface area (Å²) >= 11 is 0. The molecule has 0 spiro atoms. The van der Waals surface area contributed by atoms with E-state index in [2.05, 4.69) is 38.3 Å². The minimum Gasteiger partial charge on any atom is -0.486 e. The molecule has 1 aromatic heterocycles. The first kappa shape index (κ1) is 18.0. The number of hydrogen-bond acceptors (Lipinski definition) is 6. The van der Waals surface area contributed by atoms with Gasteiger partial charge in [0.2, 0.25) is 0 Å². The number of aryl methyl sites for hydroxylation is 2. The second-order valence-corrected chi connectivity index (χ2v) is 6.90. The lowest BCUT2D eigenvalue weighted by atomic mass is 10.0. The van der Waals surface area contributed by atoms with Crippen molar-refractivity contribution >= 4 is 17.3 Å². The molecule has 1 aliphatic heterocycles. The zero-order chi connectivity index (χ0) is 19.5. The second-order valence-electron chi connectivity index (χ2n) is 6.90. The summed E-state index contributed by atoms with van der Waals surface area (Å²) in [6.07, 6.45) is 2.22. The number of rotatable bonds is 5. The molecule has 7 nitrogen and oxygen atoms in total. The van der Waals surface area contributed by atoms with Crippen molar-refractivity contribution < 1.29 is 14.2 Å². The number of hydrogen-bond donors (Lipinski definition) is 1. The van der Waals surface area contributed by atoms with E-state index in [9.17, 15) is 4.79 Å². The van der Waals surface area contributed by atoms with Gasteiger partial charge in [-0.15, -0.1) is 0 Å². The molecule has 1 N–H and O–H groups in total. The summed E-state index contributed by atoms with van der Waals surface area (Å²) in [5.41, 5.74) is 4.98. The Labute approximate surface area is 163 Å². The van der Waals surface area contributed by atoms with Crippen LogP contribution < -0.4 is 15.0 Å². The van der Waals surface area contributed by atoms with E-state index in [1.807, 2.05) is 24.3 Å². The smallest absolute Gasteiger partial charge is 0.259 e. The van der Waals surface area contributed by atoms with Crippen molar-refractivity contribution in [3.05, 3.63) is 65.0 Å². The molecule has 2 heterocycles. The van der Waals surface area contributed by atoms with Gasteiger partial charge in [0.05, 0.1) is 5.56 Å². The van der Waals surface area contributed by atoms with Crippen LogP contribution in [-0.2, 0) is 13.0 Å². The predicted octanol–water partition coefficient (Wildman–Crippen LogP) is 3.59. The Bertz CT molecular complexity index is 999. The summed E-state index contributed by atoms with van der Waals surface area (Å²) < 4.78 is 10.5. The van der Waals surface area contributed by atoms with Crippen molar-refractivity contribution in [2.24, 2.45) is 0 Å². The third-order valence-corrected chi connectivity index (χ3v) is 4.94. The van der Waals surface area contributed by atoms with E-state index < -0.39 is 0 Å². The molecule has 7 heteroatoms. The first-order valence-electron chi connectivity index (χ1n) is 9.27. The van der Waals surface area contributed by atoms with Crippen molar-refractivity contribution in [3.8, 4) is 5.75 Å². The average Bonchev–Trinajstić information content (AvgIpc) is 3.12. The van der Waals surface area contributed by atoms with Gasteiger partial charge < -0.3 is 15.0 Å². The Morgan fingerprint density at radius 2 is 2.11 bits per heavy atom. The maximum Gasteiger partial charge on any atom is 0.259 e. The fraction of sp³-hybridized carbons (Fsp3) is 0.286. The largest absolute Gasteiger partial charge is 0.486 e. The Morgan fingerprint density at radius 3 is 2.93 bits per heavy atom. The molecule has 144 valence electrons. The maximum atomic E-state index is 12.9. The zero-order valence-corrected chi connectivity index (χ0v) is 15.9. The number of ether oxygens (including phenoxy) is 1. The van der Waals surface area contributed by atoms with E-state index in [-0.39, 0.29) is 12.5 Å². The molecule has 0 radical (unpaired) electrons. The van der Waals surface area contributed by atoms with Crippen LogP contribution in [-0.4, -0.2) is 29.8 Å². The van der Waals surface area contributed by atoms with Gasteiger partial charge in [0.15, 0.2) is 0 Å². The third kappa shape index (κ3) is 3.69. The Hall–Kier alpha value is -3.35. The first-order valence-corrected chi connectivity index (χ1v) is 9.27. The monoisotopic (exact) mass is 378 g/mol. The number of carbonyl (C=O) groups excluding carboxylic acids is 1. The molecule has 2 aromatic carbocycles. The number of nitrogens with one attached hydrogen (secondary N) is 1. The van der Waals surface area contributed by atoms with E-state index in [0.29, 0.717) is 22.7 Å². The predicted molar refractivity (Wildman–Crippen MR) is 106 cm³/mol. The van der Waals surface area contributed by atoms with E-state index in [1.165, 1.54) is 11.3 Å². The number of amides is 1. The molecule has 3 aromatic rings. The molecule has 0 unspecified atom stereocenters. The van der Waals surface area contributed by atoms with Crippen LogP contribution in [0.25, 0.3) is 0 Å². The van der Waals surface area contributed by atoms with Crippen molar-refractivity contribution in [3.63, 3.8) is 0 Å². The van der Waals surface area contributed by atoms with E-state index >= 15 is 0 Å². The van der Waals surface area contributed by atoms with Crippen molar-refractivity contribution in [1.29, 1.82) is 0 Å². The molecule has 4 rings (SSSR count). The molecule has 1 aliphatic rings. The molecule has 0 bridgehead atoms. The van der Waals surface area contributed by atoms with Gasteiger partial charge >= 0.3 is 0 Å². The number of fused-ring (bicyclic) bond motifs is 1. The van der Waals surface area contributed by atoms with Crippen LogP contribution in [0.1, 0.15) is 33.7 Å². The highest BCUT2D eigenvalue weighted by atomic mass is 16.6. The lowest BCUT2D eigenvalue weighted by Gasteiger charge is -2.28. The van der Waals surface area contributed by atoms with Gasteiger partial charge in [-0.2, -0.15) is 0 Å². The summed E-state index contributed by atoms with van der Waals surface area (Å²) in [7, 11) is 2.08. The highest BCUT2D eigenvalue weighted by Crippen LogP contribution is 2.29. The van der Waals surface area contributed by atoms with Crippen LogP contribution in [0.2, 0.25) is 0 Å². The molecule has 28 heavy (non-hydrogen) atoms. The van der Waals surface area contributed by atoms with E-state index in [4.69, 9.17) is 4.74 Å². The van der Waals surface area contributed by atoms with Gasteiger partial charge in [-0.3, -0.25) is 4.79 Å². The van der Waals surface area contributed by atoms with Crippen LogP contribution in [0.4, 0.5) is 11.4 Å². The summed E-state index contributed by atoms with van der Waals surface area (Å²) in [6, 6.07) is 13.2. The molecule has 1 amide bonds. The van der Waals surface area contributed by atoms with Crippen LogP contribution in [0, 0.1) is 6.92 Å². The summed E-state index contributed by atoms with van der Waals surface area (Å²) in [4.78, 5) is 15.1. The minimum absolute atomic E-state index is 0.184. The summed E-state index contributed by atoms with van der Waals surface area (Å²) in [5, 5.41) is 10.5. The Balaban J connectivity index is 1.51. The van der Waals surface area contributed by atoms with Gasteiger partial charge in [-0.25, -0.2) is 4.63 Å². The average molecular weight is 378 g/mol. The molecular weight excluding hydrogens is 356 g/mol. The lowest BCUT2D eigenvalue weighted by molar-refractivity contribution is 0.102. The van der Waals surface area contributed by atoms with Crippen molar-refractivity contribution in [2.75, 3.05) is 23.8 Å². The standard InChI is InChI=1S/C21H22N4O3/c1-14-18(24-28-23-14)13-27-20-8-4-3-7-17(20)21(26)22-16-10-9-15-6-5-11-25(2)19(15)12-16/h3-4,7-10,12H,5-6,11,13H2,1-2H3,(H,22,26). The number of aromatic nitrogens is 2. The highest BCUT2D eigenvalue weighted by molar-refractivity contribution is 6.06. The molecule has 0 fully saturated rings. The third-order valence-electron chi connectivity index (χ3n) is 4.94. The second kappa shape index (κ2) is 7.72. The molecule has 0 saturated heterocycles. The van der Waals surface area contributed by atoms with Gasteiger partial charge in [0.1, 0.15) is 23.7 Å². The van der Waals surface area contributed by atoms with E-state index in [0.717, 1.165) is 25.1 Å². The van der Waals surface area contributed by atoms with Crippen molar-refractivity contribution in [1.82, 2.24) is 10.3 Å². The van der Waals surface area contributed by atoms with Gasteiger partial charge in [-0.05, 0) is 49.6 Å². The molecular formula is C21H22N4O3. The Kier molecular flexibility index (Phi) is 4.97. The molecule has 0 aliphatic carbocycles. The number of para-hydroxylation sites is 1. The van der Waals surface area contributed by atoms with Crippen LogP contribution >= 0.6 is 0 Å². The van der Waals surface area contributed by atoms with Crippen molar-refractivity contribution in [2.45, 2.75) is 26.4 Å². The number of benzene rings is 2. The summed E-state index contributed by atoms with van der Waals surface area (Å²) in [5.74, 6) is 0.265. The van der Waals surface area contributed by atoms with Gasteiger partial charge in [-0.1, -0.05) is 28.5 Å².